The maximum absolute atomic E-state index is 13.8. The van der Waals surface area contributed by atoms with E-state index >= 15 is 0 Å². The zero-order valence-corrected chi connectivity index (χ0v) is 13.6. The summed E-state index contributed by atoms with van der Waals surface area (Å²) in [7, 11) is 0. The van der Waals surface area contributed by atoms with E-state index in [2.05, 4.69) is 20.1 Å². The second-order valence-corrected chi connectivity index (χ2v) is 6.06. The van der Waals surface area contributed by atoms with Crippen LogP contribution in [0.3, 0.4) is 0 Å². The lowest BCUT2D eigenvalue weighted by Gasteiger charge is -2.15. The molecule has 4 rings (SSSR count). The predicted octanol–water partition coefficient (Wildman–Crippen LogP) is 3.67. The van der Waals surface area contributed by atoms with Gasteiger partial charge in [-0.2, -0.15) is 0 Å². The first-order valence-corrected chi connectivity index (χ1v) is 8.31. The van der Waals surface area contributed by atoms with E-state index in [9.17, 15) is 9.18 Å². The second-order valence-electron chi connectivity index (χ2n) is 6.06. The smallest absolute Gasteiger partial charge is 0.258 e. The summed E-state index contributed by atoms with van der Waals surface area (Å²) in [6.07, 6.45) is 3.19. The average Bonchev–Trinajstić information content (AvgIpc) is 3.06. The molecule has 1 aromatic heterocycles. The fraction of sp³-hybridized carbons (Fsp3) is 0.211. The van der Waals surface area contributed by atoms with Crippen LogP contribution in [0.2, 0.25) is 0 Å². The molecular formula is C19H17FN4O. The van der Waals surface area contributed by atoms with Gasteiger partial charge in [-0.15, -0.1) is 10.2 Å². The number of carbonyl (C=O) groups is 1. The molecule has 1 aliphatic heterocycles. The molecule has 25 heavy (non-hydrogen) atoms. The lowest BCUT2D eigenvalue weighted by Crippen LogP contribution is -2.14. The Morgan fingerprint density at radius 2 is 1.96 bits per heavy atom. The first kappa shape index (κ1) is 15.5. The lowest BCUT2D eigenvalue weighted by molar-refractivity contribution is 0.102. The van der Waals surface area contributed by atoms with Gasteiger partial charge in [0.2, 0.25) is 0 Å². The number of rotatable bonds is 3. The quantitative estimate of drug-likeness (QED) is 0.794. The number of fused-ring (bicyclic) bond motifs is 1. The van der Waals surface area contributed by atoms with Gasteiger partial charge in [-0.3, -0.25) is 4.79 Å². The molecule has 0 aliphatic carbocycles. The summed E-state index contributed by atoms with van der Waals surface area (Å²) in [6, 6.07) is 13.3. The largest absolute Gasteiger partial charge is 0.322 e. The number of aryl methyl sites for hydroxylation is 1. The summed E-state index contributed by atoms with van der Waals surface area (Å²) in [5.41, 5.74) is 1.50. The molecule has 5 nitrogen and oxygen atoms in total. The van der Waals surface area contributed by atoms with Crippen LogP contribution in [0.5, 0.6) is 0 Å². The highest BCUT2D eigenvalue weighted by Crippen LogP contribution is 2.25. The third-order valence-electron chi connectivity index (χ3n) is 4.36. The van der Waals surface area contributed by atoms with Crippen LogP contribution in [-0.2, 0) is 13.0 Å². The number of nitrogens with one attached hydrogen (secondary N) is 1. The molecule has 0 radical (unpaired) electrons. The first-order valence-electron chi connectivity index (χ1n) is 8.31. The van der Waals surface area contributed by atoms with Crippen LogP contribution >= 0.6 is 0 Å². The molecule has 0 bridgehead atoms. The minimum absolute atomic E-state index is 0.0211. The van der Waals surface area contributed by atoms with E-state index in [4.69, 9.17) is 0 Å². The van der Waals surface area contributed by atoms with Crippen molar-refractivity contribution < 1.29 is 9.18 Å². The number of carbonyl (C=O) groups excluding carboxylic acids is 1. The summed E-state index contributed by atoms with van der Waals surface area (Å²) < 4.78 is 15.9. The second kappa shape index (κ2) is 6.47. The highest BCUT2D eigenvalue weighted by atomic mass is 19.1. The van der Waals surface area contributed by atoms with E-state index in [0.717, 1.165) is 43.0 Å². The van der Waals surface area contributed by atoms with Crippen molar-refractivity contribution in [2.24, 2.45) is 0 Å². The van der Waals surface area contributed by atoms with Crippen molar-refractivity contribution >= 4 is 11.6 Å². The summed E-state index contributed by atoms with van der Waals surface area (Å²) in [5, 5.41) is 11.3. The Bertz CT molecular complexity index is 935. The fourth-order valence-electron chi connectivity index (χ4n) is 3.10. The number of benzene rings is 2. The monoisotopic (exact) mass is 336 g/mol. The molecule has 126 valence electrons. The lowest BCUT2D eigenvalue weighted by atomic mass is 10.1. The number of nitrogens with zero attached hydrogens (tertiary/aromatic N) is 3. The molecule has 2 heterocycles. The van der Waals surface area contributed by atoms with Crippen LogP contribution in [-0.4, -0.2) is 20.7 Å². The molecule has 1 amide bonds. The zero-order valence-electron chi connectivity index (χ0n) is 13.6. The minimum atomic E-state index is -0.539. The van der Waals surface area contributed by atoms with Crippen molar-refractivity contribution in [2.45, 2.75) is 25.8 Å². The number of halogens is 1. The molecule has 0 saturated heterocycles. The van der Waals surface area contributed by atoms with Crippen LogP contribution < -0.4 is 5.32 Å². The van der Waals surface area contributed by atoms with Crippen LogP contribution in [0.1, 0.15) is 29.0 Å². The van der Waals surface area contributed by atoms with Gasteiger partial charge in [0.25, 0.3) is 5.91 Å². The van der Waals surface area contributed by atoms with Gasteiger partial charge in [0.1, 0.15) is 11.6 Å². The van der Waals surface area contributed by atoms with Crippen LogP contribution in [0.25, 0.3) is 11.4 Å². The number of amides is 1. The van der Waals surface area contributed by atoms with Crippen molar-refractivity contribution in [2.75, 3.05) is 5.32 Å². The Hall–Kier alpha value is -3.02. The van der Waals surface area contributed by atoms with Crippen molar-refractivity contribution in [1.29, 1.82) is 0 Å². The average molecular weight is 336 g/mol. The number of hydrogen-bond donors (Lipinski definition) is 1. The van der Waals surface area contributed by atoms with Gasteiger partial charge in [-0.1, -0.05) is 24.3 Å². The topological polar surface area (TPSA) is 59.8 Å². The fourth-order valence-corrected chi connectivity index (χ4v) is 3.10. The molecule has 1 N–H and O–H groups in total. The van der Waals surface area contributed by atoms with Crippen molar-refractivity contribution in [3.05, 3.63) is 65.7 Å². The molecule has 0 unspecified atom stereocenters. The molecule has 0 fully saturated rings. The van der Waals surface area contributed by atoms with Crippen LogP contribution in [0.15, 0.2) is 48.5 Å². The molecule has 3 aromatic rings. The molecule has 1 aliphatic rings. The van der Waals surface area contributed by atoms with E-state index in [1.807, 2.05) is 18.2 Å². The third-order valence-corrected chi connectivity index (χ3v) is 4.36. The number of anilines is 1. The SMILES string of the molecule is O=C(Nc1cccc(-c2nnc3n2CCCC3)c1)c1ccccc1F. The van der Waals surface area contributed by atoms with Gasteiger partial charge in [-0.25, -0.2) is 4.39 Å². The highest BCUT2D eigenvalue weighted by Gasteiger charge is 2.17. The Kier molecular flexibility index (Phi) is 4.01. The van der Waals surface area contributed by atoms with Gasteiger partial charge in [0.15, 0.2) is 5.82 Å². The van der Waals surface area contributed by atoms with E-state index in [0.29, 0.717) is 5.69 Å². The standard InChI is InChI=1S/C19H17FN4O/c20-16-9-2-1-8-15(16)19(25)21-14-7-5-6-13(12-14)18-23-22-17-10-3-4-11-24(17)18/h1-2,5-9,12H,3-4,10-11H2,(H,21,25). The number of hydrogen-bond acceptors (Lipinski definition) is 3. The maximum Gasteiger partial charge on any atom is 0.258 e. The van der Waals surface area contributed by atoms with E-state index in [1.54, 1.807) is 18.2 Å². The van der Waals surface area contributed by atoms with Gasteiger partial charge >= 0.3 is 0 Å². The minimum Gasteiger partial charge on any atom is -0.322 e. The van der Waals surface area contributed by atoms with E-state index in [1.165, 1.54) is 12.1 Å². The zero-order chi connectivity index (χ0) is 17.2. The molecule has 2 aromatic carbocycles. The van der Waals surface area contributed by atoms with Crippen molar-refractivity contribution in [3.8, 4) is 11.4 Å². The molecular weight excluding hydrogens is 319 g/mol. The van der Waals surface area contributed by atoms with Crippen molar-refractivity contribution in [3.63, 3.8) is 0 Å². The normalized spacial score (nSPS) is 13.3. The molecule has 0 saturated carbocycles. The first-order chi connectivity index (χ1) is 12.2. The van der Waals surface area contributed by atoms with Gasteiger partial charge < -0.3 is 9.88 Å². The predicted molar refractivity (Wildman–Crippen MR) is 92.7 cm³/mol. The Morgan fingerprint density at radius 1 is 1.08 bits per heavy atom. The summed E-state index contributed by atoms with van der Waals surface area (Å²) in [6.45, 7) is 0.906. The Morgan fingerprint density at radius 3 is 2.84 bits per heavy atom. The summed E-state index contributed by atoms with van der Waals surface area (Å²) in [4.78, 5) is 12.3. The van der Waals surface area contributed by atoms with Gasteiger partial charge in [0.05, 0.1) is 5.56 Å². The highest BCUT2D eigenvalue weighted by molar-refractivity contribution is 6.04. The third kappa shape index (κ3) is 3.03. The Balaban J connectivity index is 1.61. The summed E-state index contributed by atoms with van der Waals surface area (Å²) >= 11 is 0. The van der Waals surface area contributed by atoms with Gasteiger partial charge in [0, 0.05) is 24.2 Å². The van der Waals surface area contributed by atoms with Crippen LogP contribution in [0, 0.1) is 5.82 Å². The molecule has 0 atom stereocenters. The van der Waals surface area contributed by atoms with Crippen LogP contribution in [0.4, 0.5) is 10.1 Å². The van der Waals surface area contributed by atoms with E-state index < -0.39 is 11.7 Å². The summed E-state index contributed by atoms with van der Waals surface area (Å²) in [5.74, 6) is 0.792. The molecule has 6 heteroatoms. The number of aromatic nitrogens is 3. The maximum atomic E-state index is 13.8. The van der Waals surface area contributed by atoms with Crippen molar-refractivity contribution in [1.82, 2.24) is 14.8 Å². The van der Waals surface area contributed by atoms with Gasteiger partial charge in [-0.05, 0) is 37.1 Å². The Labute approximate surface area is 144 Å². The van der Waals surface area contributed by atoms with E-state index in [-0.39, 0.29) is 5.56 Å². The molecule has 0 spiro atoms.